The van der Waals surface area contributed by atoms with Crippen LogP contribution in [-0.2, 0) is 19.5 Å². The zero-order valence-electron chi connectivity index (χ0n) is 16.8. The Morgan fingerprint density at radius 2 is 1.90 bits per heavy atom. The van der Waals surface area contributed by atoms with Crippen molar-refractivity contribution < 1.29 is 8.78 Å². The monoisotopic (exact) mass is 408 g/mol. The minimum absolute atomic E-state index is 0.0361. The Balaban J connectivity index is 1.70. The minimum Gasteiger partial charge on any atom is -0.352 e. The second-order valence-electron chi connectivity index (χ2n) is 7.31. The third-order valence-corrected chi connectivity index (χ3v) is 5.29. The van der Waals surface area contributed by atoms with E-state index in [9.17, 15) is 9.18 Å². The van der Waals surface area contributed by atoms with Crippen LogP contribution in [0, 0.1) is 25.5 Å². The van der Waals surface area contributed by atoms with Crippen LogP contribution in [0.15, 0.2) is 53.5 Å². The van der Waals surface area contributed by atoms with Crippen LogP contribution in [-0.4, -0.2) is 14.5 Å². The number of H-pyrrole nitrogens is 1. The summed E-state index contributed by atoms with van der Waals surface area (Å²) in [6.45, 7) is 4.09. The van der Waals surface area contributed by atoms with Crippen LogP contribution in [0.2, 0.25) is 0 Å². The topological polar surface area (TPSA) is 62.7 Å². The van der Waals surface area contributed by atoms with Crippen molar-refractivity contribution in [3.8, 4) is 0 Å². The molecule has 0 aliphatic heterocycles. The molecule has 30 heavy (non-hydrogen) atoms. The van der Waals surface area contributed by atoms with E-state index in [1.165, 1.54) is 6.07 Å². The van der Waals surface area contributed by atoms with Gasteiger partial charge in [-0.2, -0.15) is 0 Å². The van der Waals surface area contributed by atoms with E-state index in [0.29, 0.717) is 18.9 Å². The number of fused-ring (bicyclic) bond motifs is 1. The van der Waals surface area contributed by atoms with Gasteiger partial charge in [0.15, 0.2) is 11.2 Å². The number of aromatic amines is 1. The van der Waals surface area contributed by atoms with Gasteiger partial charge in [-0.15, -0.1) is 0 Å². The van der Waals surface area contributed by atoms with Gasteiger partial charge < -0.3 is 14.9 Å². The van der Waals surface area contributed by atoms with E-state index in [2.05, 4.69) is 15.3 Å². The number of aryl methyl sites for hydroxylation is 4. The Labute approximate surface area is 172 Å². The van der Waals surface area contributed by atoms with E-state index in [4.69, 9.17) is 0 Å². The molecule has 4 aromatic rings. The van der Waals surface area contributed by atoms with Crippen molar-refractivity contribution in [2.24, 2.45) is 0 Å². The lowest BCUT2D eigenvalue weighted by molar-refractivity contribution is 0.560. The molecule has 0 saturated heterocycles. The zero-order valence-corrected chi connectivity index (χ0v) is 16.8. The number of anilines is 1. The summed E-state index contributed by atoms with van der Waals surface area (Å²) in [5.74, 6) is -1.05. The number of halogens is 2. The van der Waals surface area contributed by atoms with Gasteiger partial charge in [0.1, 0.15) is 5.82 Å². The van der Waals surface area contributed by atoms with Crippen LogP contribution in [0.4, 0.5) is 14.7 Å². The SMILES string of the molecule is Cc1nc(NCc2c(F)cc3c(=O)ccn(CCc4ccccc4)c3c2F)[nH]c1C. The summed E-state index contributed by atoms with van der Waals surface area (Å²) in [5, 5.41) is 2.96. The van der Waals surface area contributed by atoms with Crippen LogP contribution in [0.25, 0.3) is 10.9 Å². The summed E-state index contributed by atoms with van der Waals surface area (Å²) in [4.78, 5) is 19.6. The molecule has 2 N–H and O–H groups in total. The highest BCUT2D eigenvalue weighted by Gasteiger charge is 2.18. The van der Waals surface area contributed by atoms with Crippen molar-refractivity contribution in [2.75, 3.05) is 5.32 Å². The quantitative estimate of drug-likeness (QED) is 0.495. The molecular weight excluding hydrogens is 386 g/mol. The Kier molecular flexibility index (Phi) is 5.35. The maximum Gasteiger partial charge on any atom is 0.200 e. The summed E-state index contributed by atoms with van der Waals surface area (Å²) in [6.07, 6.45) is 2.22. The molecule has 0 saturated carbocycles. The van der Waals surface area contributed by atoms with Crippen molar-refractivity contribution >= 4 is 16.9 Å². The lowest BCUT2D eigenvalue weighted by Gasteiger charge is -2.15. The highest BCUT2D eigenvalue weighted by atomic mass is 19.1. The predicted molar refractivity (Wildman–Crippen MR) is 114 cm³/mol. The van der Waals surface area contributed by atoms with Gasteiger partial charge >= 0.3 is 0 Å². The van der Waals surface area contributed by atoms with Gasteiger partial charge in [0, 0.05) is 36.6 Å². The number of nitrogens with zero attached hydrogens (tertiary/aromatic N) is 2. The standard InChI is InChI=1S/C23H22F2N4O/c1-14-15(2)28-23(27-14)26-13-18-19(24)12-17-20(30)9-11-29(22(17)21(18)25)10-8-16-6-4-3-5-7-16/h3-7,9,11-12H,8,10,13H2,1-2H3,(H2,26,27,28). The number of rotatable bonds is 6. The Morgan fingerprint density at radius 3 is 2.60 bits per heavy atom. The number of imidazole rings is 1. The van der Waals surface area contributed by atoms with Crippen molar-refractivity contribution in [3.63, 3.8) is 0 Å². The first-order chi connectivity index (χ1) is 14.4. The van der Waals surface area contributed by atoms with Gasteiger partial charge in [0.05, 0.1) is 16.6 Å². The second kappa shape index (κ2) is 8.10. The molecular formula is C23H22F2N4O. The number of hydrogen-bond acceptors (Lipinski definition) is 3. The molecule has 5 nitrogen and oxygen atoms in total. The van der Waals surface area contributed by atoms with E-state index in [-0.39, 0.29) is 23.0 Å². The largest absolute Gasteiger partial charge is 0.352 e. The molecule has 2 heterocycles. The molecule has 0 unspecified atom stereocenters. The molecule has 7 heteroatoms. The third-order valence-electron chi connectivity index (χ3n) is 5.29. The predicted octanol–water partition coefficient (Wildman–Crippen LogP) is 4.47. The van der Waals surface area contributed by atoms with E-state index in [0.717, 1.165) is 23.0 Å². The lowest BCUT2D eigenvalue weighted by Crippen LogP contribution is -2.14. The van der Waals surface area contributed by atoms with Gasteiger partial charge in [-0.3, -0.25) is 4.79 Å². The first kappa shape index (κ1) is 19.8. The van der Waals surface area contributed by atoms with E-state index in [1.54, 1.807) is 10.8 Å². The molecule has 0 atom stereocenters. The molecule has 2 aromatic carbocycles. The summed E-state index contributed by atoms with van der Waals surface area (Å²) >= 11 is 0. The fraction of sp³-hybridized carbons (Fsp3) is 0.217. The molecule has 154 valence electrons. The Hall–Kier alpha value is -3.48. The molecule has 0 bridgehead atoms. The molecule has 0 aliphatic rings. The number of nitrogens with one attached hydrogen (secondary N) is 2. The van der Waals surface area contributed by atoms with Gasteiger partial charge in [-0.1, -0.05) is 30.3 Å². The second-order valence-corrected chi connectivity index (χ2v) is 7.31. The zero-order chi connectivity index (χ0) is 21.3. The fourth-order valence-corrected chi connectivity index (χ4v) is 3.48. The van der Waals surface area contributed by atoms with E-state index >= 15 is 4.39 Å². The maximum atomic E-state index is 15.4. The summed E-state index contributed by atoms with van der Waals surface area (Å²) < 4.78 is 31.8. The van der Waals surface area contributed by atoms with Gasteiger partial charge in [0.2, 0.25) is 5.95 Å². The van der Waals surface area contributed by atoms with Crippen LogP contribution in [0.1, 0.15) is 22.5 Å². The van der Waals surface area contributed by atoms with E-state index < -0.39 is 17.1 Å². The first-order valence-electron chi connectivity index (χ1n) is 9.75. The smallest absolute Gasteiger partial charge is 0.200 e. The number of aromatic nitrogens is 3. The highest BCUT2D eigenvalue weighted by molar-refractivity contribution is 5.80. The van der Waals surface area contributed by atoms with Gasteiger partial charge in [-0.25, -0.2) is 13.8 Å². The molecule has 0 spiro atoms. The maximum absolute atomic E-state index is 15.4. The first-order valence-corrected chi connectivity index (χ1v) is 9.75. The third kappa shape index (κ3) is 3.83. The highest BCUT2D eigenvalue weighted by Crippen LogP contribution is 2.23. The Bertz CT molecular complexity index is 1240. The molecule has 0 fully saturated rings. The Morgan fingerprint density at radius 1 is 1.13 bits per heavy atom. The fourth-order valence-electron chi connectivity index (χ4n) is 3.48. The van der Waals surface area contributed by atoms with Crippen molar-refractivity contribution in [1.29, 1.82) is 0 Å². The number of pyridine rings is 1. The van der Waals surface area contributed by atoms with Crippen molar-refractivity contribution in [2.45, 2.75) is 33.4 Å². The molecule has 0 radical (unpaired) electrons. The van der Waals surface area contributed by atoms with Crippen LogP contribution in [0.5, 0.6) is 0 Å². The summed E-state index contributed by atoms with van der Waals surface area (Å²) in [7, 11) is 0. The van der Waals surface area contributed by atoms with Gasteiger partial charge in [-0.05, 0) is 31.9 Å². The van der Waals surface area contributed by atoms with Crippen molar-refractivity contribution in [1.82, 2.24) is 14.5 Å². The molecule has 2 aromatic heterocycles. The van der Waals surface area contributed by atoms with Crippen LogP contribution >= 0.6 is 0 Å². The average molecular weight is 408 g/mol. The minimum atomic E-state index is -0.759. The van der Waals surface area contributed by atoms with Gasteiger partial charge in [0.25, 0.3) is 0 Å². The summed E-state index contributed by atoms with van der Waals surface area (Å²) in [6, 6.07) is 12.3. The van der Waals surface area contributed by atoms with E-state index in [1.807, 2.05) is 44.2 Å². The lowest BCUT2D eigenvalue weighted by atomic mass is 10.1. The average Bonchev–Trinajstić information content (AvgIpc) is 3.06. The number of benzene rings is 2. The molecule has 4 rings (SSSR count). The summed E-state index contributed by atoms with van der Waals surface area (Å²) in [5.41, 5.74) is 2.36. The molecule has 0 amide bonds. The molecule has 0 aliphatic carbocycles. The normalized spacial score (nSPS) is 11.2. The number of hydrogen-bond donors (Lipinski definition) is 2. The van der Waals surface area contributed by atoms with Crippen LogP contribution < -0.4 is 10.7 Å². The van der Waals surface area contributed by atoms with Crippen LogP contribution in [0.3, 0.4) is 0 Å². The van der Waals surface area contributed by atoms with Crippen molar-refractivity contribution in [3.05, 3.63) is 93.0 Å².